The van der Waals surface area contributed by atoms with E-state index in [0.717, 1.165) is 5.56 Å². The number of hydrogen-bond acceptors (Lipinski definition) is 5. The molecule has 0 aromatic heterocycles. The first-order chi connectivity index (χ1) is 8.71. The van der Waals surface area contributed by atoms with E-state index in [1.165, 1.54) is 0 Å². The molecule has 1 rings (SSSR count). The van der Waals surface area contributed by atoms with Crippen LogP contribution in [0.2, 0.25) is 0 Å². The second-order valence-electron chi connectivity index (χ2n) is 3.71. The molecule has 1 atom stereocenters. The van der Waals surface area contributed by atoms with Crippen LogP contribution in [0.5, 0.6) is 5.75 Å². The molecule has 0 radical (unpaired) electrons. The topological polar surface area (TPSA) is 67.8 Å². The SMILES string of the molecule is CCOC(=O)C(COc1cccc(CO)c1)NC. The molecule has 0 saturated carbocycles. The first kappa shape index (κ1) is 14.5. The lowest BCUT2D eigenvalue weighted by atomic mass is 10.2. The molecule has 0 aliphatic rings. The summed E-state index contributed by atoms with van der Waals surface area (Å²) in [5.41, 5.74) is 0.768. The van der Waals surface area contributed by atoms with Gasteiger partial charge in [0.05, 0.1) is 13.2 Å². The van der Waals surface area contributed by atoms with E-state index in [1.807, 2.05) is 0 Å². The summed E-state index contributed by atoms with van der Waals surface area (Å²) in [5, 5.41) is 11.8. The standard InChI is InChI=1S/C13H19NO4/c1-3-17-13(16)12(14-2)9-18-11-6-4-5-10(7-11)8-15/h4-7,12,14-15H,3,8-9H2,1-2H3. The third kappa shape index (κ3) is 4.35. The minimum atomic E-state index is -0.497. The Morgan fingerprint density at radius 1 is 1.50 bits per heavy atom. The number of carbonyl (C=O) groups is 1. The van der Waals surface area contributed by atoms with Crippen LogP contribution in [0.4, 0.5) is 0 Å². The first-order valence-corrected chi connectivity index (χ1v) is 5.87. The van der Waals surface area contributed by atoms with Gasteiger partial charge in [-0.3, -0.25) is 4.79 Å². The van der Waals surface area contributed by atoms with Gasteiger partial charge in [-0.2, -0.15) is 0 Å². The van der Waals surface area contributed by atoms with Crippen molar-refractivity contribution in [1.29, 1.82) is 0 Å². The van der Waals surface area contributed by atoms with E-state index < -0.39 is 6.04 Å². The second-order valence-corrected chi connectivity index (χ2v) is 3.71. The number of aliphatic hydroxyl groups excluding tert-OH is 1. The zero-order chi connectivity index (χ0) is 13.4. The van der Waals surface area contributed by atoms with Gasteiger partial charge in [0.15, 0.2) is 0 Å². The molecule has 1 aromatic carbocycles. The van der Waals surface area contributed by atoms with Crippen molar-refractivity contribution in [3.8, 4) is 5.75 Å². The lowest BCUT2D eigenvalue weighted by molar-refractivity contribution is -0.146. The lowest BCUT2D eigenvalue weighted by Gasteiger charge is -2.15. The highest BCUT2D eigenvalue weighted by Gasteiger charge is 2.18. The van der Waals surface area contributed by atoms with Gasteiger partial charge in [0.2, 0.25) is 0 Å². The van der Waals surface area contributed by atoms with Crippen molar-refractivity contribution in [3.05, 3.63) is 29.8 Å². The molecule has 18 heavy (non-hydrogen) atoms. The van der Waals surface area contributed by atoms with E-state index in [0.29, 0.717) is 12.4 Å². The summed E-state index contributed by atoms with van der Waals surface area (Å²) in [5.74, 6) is 0.282. The number of likely N-dealkylation sites (N-methyl/N-ethyl adjacent to an activating group) is 1. The fourth-order valence-electron chi connectivity index (χ4n) is 1.43. The highest BCUT2D eigenvalue weighted by molar-refractivity contribution is 5.75. The molecule has 0 spiro atoms. The predicted molar refractivity (Wildman–Crippen MR) is 67.3 cm³/mol. The van der Waals surface area contributed by atoms with Crippen molar-refractivity contribution < 1.29 is 19.4 Å². The van der Waals surface area contributed by atoms with Gasteiger partial charge in [0, 0.05) is 0 Å². The van der Waals surface area contributed by atoms with Gasteiger partial charge in [-0.1, -0.05) is 12.1 Å². The van der Waals surface area contributed by atoms with E-state index in [2.05, 4.69) is 5.32 Å². The number of benzene rings is 1. The molecule has 0 aliphatic heterocycles. The van der Waals surface area contributed by atoms with E-state index in [-0.39, 0.29) is 19.2 Å². The fourth-order valence-corrected chi connectivity index (χ4v) is 1.43. The molecule has 0 amide bonds. The molecule has 5 heteroatoms. The van der Waals surface area contributed by atoms with Gasteiger partial charge in [0.25, 0.3) is 0 Å². The van der Waals surface area contributed by atoms with E-state index in [9.17, 15) is 4.79 Å². The highest BCUT2D eigenvalue weighted by Crippen LogP contribution is 2.13. The minimum Gasteiger partial charge on any atom is -0.491 e. The van der Waals surface area contributed by atoms with Crippen molar-refractivity contribution in [2.45, 2.75) is 19.6 Å². The molecule has 2 N–H and O–H groups in total. The highest BCUT2D eigenvalue weighted by atomic mass is 16.5. The molecule has 0 aliphatic carbocycles. The average molecular weight is 253 g/mol. The van der Waals surface area contributed by atoms with Crippen LogP contribution in [0.25, 0.3) is 0 Å². The number of aliphatic hydroxyl groups is 1. The molecular weight excluding hydrogens is 234 g/mol. The zero-order valence-electron chi connectivity index (χ0n) is 10.7. The van der Waals surface area contributed by atoms with Crippen LogP contribution in [-0.2, 0) is 16.1 Å². The third-order valence-electron chi connectivity index (χ3n) is 2.42. The maximum absolute atomic E-state index is 11.5. The molecule has 1 unspecified atom stereocenters. The van der Waals surface area contributed by atoms with Crippen molar-refractivity contribution >= 4 is 5.97 Å². The van der Waals surface area contributed by atoms with Gasteiger partial charge in [-0.25, -0.2) is 0 Å². The maximum Gasteiger partial charge on any atom is 0.326 e. The number of esters is 1. The van der Waals surface area contributed by atoms with Crippen LogP contribution in [0.3, 0.4) is 0 Å². The van der Waals surface area contributed by atoms with Crippen LogP contribution >= 0.6 is 0 Å². The Bertz CT molecular complexity index is 381. The monoisotopic (exact) mass is 253 g/mol. The predicted octanol–water partition coefficient (Wildman–Crippen LogP) is 0.709. The van der Waals surface area contributed by atoms with E-state index in [1.54, 1.807) is 38.2 Å². The van der Waals surface area contributed by atoms with Crippen molar-refractivity contribution in [2.75, 3.05) is 20.3 Å². The van der Waals surface area contributed by atoms with Crippen LogP contribution in [-0.4, -0.2) is 37.4 Å². The molecule has 0 bridgehead atoms. The van der Waals surface area contributed by atoms with Gasteiger partial charge in [-0.15, -0.1) is 0 Å². The Labute approximate surface area is 107 Å². The van der Waals surface area contributed by atoms with Crippen molar-refractivity contribution in [1.82, 2.24) is 5.32 Å². The Kier molecular flexibility index (Phi) is 6.18. The third-order valence-corrected chi connectivity index (χ3v) is 2.42. The number of rotatable bonds is 7. The molecule has 0 fully saturated rings. The second kappa shape index (κ2) is 7.68. The summed E-state index contributed by atoms with van der Waals surface area (Å²) >= 11 is 0. The molecule has 5 nitrogen and oxygen atoms in total. The molecular formula is C13H19NO4. The van der Waals surface area contributed by atoms with Crippen LogP contribution < -0.4 is 10.1 Å². The smallest absolute Gasteiger partial charge is 0.326 e. The van der Waals surface area contributed by atoms with E-state index in [4.69, 9.17) is 14.6 Å². The van der Waals surface area contributed by atoms with Crippen LogP contribution in [0.1, 0.15) is 12.5 Å². The summed E-state index contributed by atoms with van der Waals surface area (Å²) < 4.78 is 10.4. The lowest BCUT2D eigenvalue weighted by Crippen LogP contribution is -2.40. The Hall–Kier alpha value is -1.59. The number of nitrogens with one attached hydrogen (secondary N) is 1. The number of carbonyl (C=O) groups excluding carboxylic acids is 1. The average Bonchev–Trinajstić information content (AvgIpc) is 2.40. The largest absolute Gasteiger partial charge is 0.491 e. The quantitative estimate of drug-likeness (QED) is 0.700. The minimum absolute atomic E-state index is 0.0372. The molecule has 0 heterocycles. The summed E-state index contributed by atoms with van der Waals surface area (Å²) in [6.07, 6.45) is 0. The normalized spacial score (nSPS) is 11.9. The zero-order valence-corrected chi connectivity index (χ0v) is 10.7. The Morgan fingerprint density at radius 2 is 2.28 bits per heavy atom. The van der Waals surface area contributed by atoms with Crippen LogP contribution in [0.15, 0.2) is 24.3 Å². The van der Waals surface area contributed by atoms with Gasteiger partial charge >= 0.3 is 5.97 Å². The number of hydrogen-bond donors (Lipinski definition) is 2. The summed E-state index contributed by atoms with van der Waals surface area (Å²) in [4.78, 5) is 11.5. The van der Waals surface area contributed by atoms with Crippen LogP contribution in [0, 0.1) is 0 Å². The van der Waals surface area contributed by atoms with Crippen molar-refractivity contribution in [3.63, 3.8) is 0 Å². The Morgan fingerprint density at radius 3 is 2.89 bits per heavy atom. The first-order valence-electron chi connectivity index (χ1n) is 5.87. The van der Waals surface area contributed by atoms with Gasteiger partial charge in [0.1, 0.15) is 18.4 Å². The number of ether oxygens (including phenoxy) is 2. The maximum atomic E-state index is 11.5. The van der Waals surface area contributed by atoms with Gasteiger partial charge in [-0.05, 0) is 31.7 Å². The molecule has 0 saturated heterocycles. The summed E-state index contributed by atoms with van der Waals surface area (Å²) in [7, 11) is 1.68. The fraction of sp³-hybridized carbons (Fsp3) is 0.462. The molecule has 1 aromatic rings. The summed E-state index contributed by atoms with van der Waals surface area (Å²) in [6, 6.07) is 6.60. The molecule has 100 valence electrons. The van der Waals surface area contributed by atoms with E-state index >= 15 is 0 Å². The van der Waals surface area contributed by atoms with Gasteiger partial charge < -0.3 is 19.9 Å². The Balaban J connectivity index is 2.53. The summed E-state index contributed by atoms with van der Waals surface area (Å²) in [6.45, 7) is 2.25. The van der Waals surface area contributed by atoms with Crippen molar-refractivity contribution in [2.24, 2.45) is 0 Å².